The number of aromatic nitrogens is 3. The molecule has 10 nitrogen and oxygen atoms in total. The Hall–Kier alpha value is -2.43. The molecule has 0 bridgehead atoms. The number of Topliss-reactive ketones (excluding diaryl/α,β-unsaturated/α-hetero) is 1. The van der Waals surface area contributed by atoms with Crippen LogP contribution in [0.5, 0.6) is 0 Å². The molecule has 0 fully saturated rings. The minimum Gasteiger partial charge on any atom is -0.481 e. The molecule has 1 aromatic heterocycles. The number of aliphatic carboxylic acids is 1. The molecule has 0 aliphatic heterocycles. The summed E-state index contributed by atoms with van der Waals surface area (Å²) in [5, 5.41) is 19.4. The molecule has 0 spiro atoms. The van der Waals surface area contributed by atoms with Crippen molar-refractivity contribution < 1.29 is 24.3 Å². The van der Waals surface area contributed by atoms with E-state index in [1.54, 1.807) is 29.8 Å². The van der Waals surface area contributed by atoms with Crippen molar-refractivity contribution in [1.82, 2.24) is 25.2 Å². The summed E-state index contributed by atoms with van der Waals surface area (Å²) in [7, 11) is 0. The van der Waals surface area contributed by atoms with Crippen LogP contribution in [0.3, 0.4) is 0 Å². The molecule has 0 atom stereocenters. The zero-order chi connectivity index (χ0) is 23.1. The number of carboxylic acid groups (broad SMARTS) is 1. The molecule has 0 saturated carbocycles. The SMILES string of the molecule is CCC(=O)N(CCNC(=O)CCCc1cn(CCC(=O)O)nn1)CCSCCC(C)=O. The number of hydrogen-bond donors (Lipinski definition) is 2. The summed E-state index contributed by atoms with van der Waals surface area (Å²) in [5.41, 5.74) is 0.722. The minimum absolute atomic E-state index is 0.0140. The van der Waals surface area contributed by atoms with Crippen molar-refractivity contribution in [1.29, 1.82) is 0 Å². The van der Waals surface area contributed by atoms with Crippen molar-refractivity contribution in [3.05, 3.63) is 11.9 Å². The number of nitrogens with one attached hydrogen (secondary N) is 1. The van der Waals surface area contributed by atoms with Gasteiger partial charge in [0.05, 0.1) is 18.7 Å². The van der Waals surface area contributed by atoms with Crippen molar-refractivity contribution in [3.63, 3.8) is 0 Å². The molecule has 0 aliphatic carbocycles. The summed E-state index contributed by atoms with van der Waals surface area (Å²) in [6, 6.07) is 0. The fourth-order valence-corrected chi connectivity index (χ4v) is 3.68. The van der Waals surface area contributed by atoms with Gasteiger partial charge < -0.3 is 15.3 Å². The van der Waals surface area contributed by atoms with Crippen LogP contribution in [0.15, 0.2) is 6.20 Å². The van der Waals surface area contributed by atoms with Gasteiger partial charge in [-0.1, -0.05) is 12.1 Å². The van der Waals surface area contributed by atoms with Crippen molar-refractivity contribution >= 4 is 35.3 Å². The Labute approximate surface area is 187 Å². The molecule has 2 N–H and O–H groups in total. The Morgan fingerprint density at radius 2 is 1.94 bits per heavy atom. The van der Waals surface area contributed by atoms with Crippen LogP contribution in [0.2, 0.25) is 0 Å². The number of nitrogens with zero attached hydrogens (tertiary/aromatic N) is 4. The maximum absolute atomic E-state index is 12.1. The van der Waals surface area contributed by atoms with E-state index in [0.29, 0.717) is 51.7 Å². The molecule has 174 valence electrons. The Morgan fingerprint density at radius 3 is 2.61 bits per heavy atom. The number of thioether (sulfide) groups is 1. The van der Waals surface area contributed by atoms with Gasteiger partial charge in [-0.2, -0.15) is 11.8 Å². The quantitative estimate of drug-likeness (QED) is 0.334. The maximum Gasteiger partial charge on any atom is 0.305 e. The molecule has 2 amide bonds. The molecule has 31 heavy (non-hydrogen) atoms. The number of rotatable bonds is 17. The average molecular weight is 456 g/mol. The first-order valence-corrected chi connectivity index (χ1v) is 11.7. The molecule has 0 aliphatic rings. The first-order valence-electron chi connectivity index (χ1n) is 10.5. The first kappa shape index (κ1) is 26.6. The van der Waals surface area contributed by atoms with Gasteiger partial charge in [0.1, 0.15) is 5.78 Å². The Morgan fingerprint density at radius 1 is 1.16 bits per heavy atom. The highest BCUT2D eigenvalue weighted by atomic mass is 32.2. The molecule has 11 heteroatoms. The molecule has 0 unspecified atom stereocenters. The van der Waals surface area contributed by atoms with E-state index in [1.807, 2.05) is 6.92 Å². The van der Waals surface area contributed by atoms with Crippen molar-refractivity contribution in [3.8, 4) is 0 Å². The van der Waals surface area contributed by atoms with Crippen LogP contribution >= 0.6 is 11.8 Å². The third-order valence-electron chi connectivity index (χ3n) is 4.44. The fraction of sp³-hybridized carbons (Fsp3) is 0.700. The van der Waals surface area contributed by atoms with E-state index in [-0.39, 0.29) is 30.6 Å². The lowest BCUT2D eigenvalue weighted by atomic mass is 10.2. The van der Waals surface area contributed by atoms with Crippen LogP contribution in [-0.4, -0.2) is 79.7 Å². The van der Waals surface area contributed by atoms with Crippen molar-refractivity contribution in [2.24, 2.45) is 0 Å². The van der Waals surface area contributed by atoms with Crippen molar-refractivity contribution in [2.75, 3.05) is 31.1 Å². The predicted molar refractivity (Wildman–Crippen MR) is 118 cm³/mol. The van der Waals surface area contributed by atoms with Gasteiger partial charge in [-0.25, -0.2) is 0 Å². The largest absolute Gasteiger partial charge is 0.481 e. The minimum atomic E-state index is -0.889. The van der Waals surface area contributed by atoms with E-state index >= 15 is 0 Å². The van der Waals surface area contributed by atoms with E-state index in [1.165, 1.54) is 4.68 Å². The molecule has 0 aromatic carbocycles. The van der Waals surface area contributed by atoms with Gasteiger partial charge in [-0.3, -0.25) is 23.9 Å². The zero-order valence-corrected chi connectivity index (χ0v) is 19.2. The van der Waals surface area contributed by atoms with Crippen molar-refractivity contribution in [2.45, 2.75) is 58.9 Å². The van der Waals surface area contributed by atoms with E-state index in [0.717, 1.165) is 17.2 Å². The highest BCUT2D eigenvalue weighted by molar-refractivity contribution is 7.99. The summed E-state index contributed by atoms with van der Waals surface area (Å²) in [4.78, 5) is 47.4. The smallest absolute Gasteiger partial charge is 0.305 e. The van der Waals surface area contributed by atoms with E-state index in [9.17, 15) is 19.2 Å². The molecular formula is C20H33N5O5S. The molecular weight excluding hydrogens is 422 g/mol. The van der Waals surface area contributed by atoms with Gasteiger partial charge in [0, 0.05) is 56.6 Å². The van der Waals surface area contributed by atoms with E-state index < -0.39 is 5.97 Å². The monoisotopic (exact) mass is 455 g/mol. The lowest BCUT2D eigenvalue weighted by molar-refractivity contribution is -0.137. The lowest BCUT2D eigenvalue weighted by Gasteiger charge is -2.22. The molecule has 0 radical (unpaired) electrons. The van der Waals surface area contributed by atoms with Crippen LogP contribution in [-0.2, 0) is 32.1 Å². The number of ketones is 1. The van der Waals surface area contributed by atoms with Crippen LogP contribution < -0.4 is 5.32 Å². The van der Waals surface area contributed by atoms with E-state index in [4.69, 9.17) is 5.11 Å². The van der Waals surface area contributed by atoms with Gasteiger partial charge in [-0.15, -0.1) is 5.10 Å². The van der Waals surface area contributed by atoms with Gasteiger partial charge >= 0.3 is 5.97 Å². The van der Waals surface area contributed by atoms with Crippen LogP contribution in [0.4, 0.5) is 0 Å². The van der Waals surface area contributed by atoms with Gasteiger partial charge in [0.25, 0.3) is 0 Å². The van der Waals surface area contributed by atoms with Crippen LogP contribution in [0, 0.1) is 0 Å². The fourth-order valence-electron chi connectivity index (χ4n) is 2.70. The molecule has 1 rings (SSSR count). The molecule has 0 saturated heterocycles. The number of carboxylic acids is 1. The standard InChI is InChI=1S/C20H33N5O5S/c1-3-19(28)24(12-14-31-13-8-16(2)26)11-9-21-18(27)6-4-5-17-15-25(23-22-17)10-7-20(29)30/h15H,3-14H2,1-2H3,(H,21,27)(H,29,30). The maximum atomic E-state index is 12.1. The highest BCUT2D eigenvalue weighted by Gasteiger charge is 2.12. The number of amides is 2. The zero-order valence-electron chi connectivity index (χ0n) is 18.3. The Bertz CT molecular complexity index is 725. The topological polar surface area (TPSA) is 134 Å². The average Bonchev–Trinajstić information content (AvgIpc) is 3.17. The third kappa shape index (κ3) is 12.8. The van der Waals surface area contributed by atoms with Gasteiger partial charge in [-0.05, 0) is 19.8 Å². The number of aryl methyl sites for hydroxylation is 2. The second-order valence-electron chi connectivity index (χ2n) is 7.12. The van der Waals surface area contributed by atoms with Crippen LogP contribution in [0.1, 0.15) is 51.6 Å². The molecule has 1 aromatic rings. The van der Waals surface area contributed by atoms with E-state index in [2.05, 4.69) is 15.6 Å². The summed E-state index contributed by atoms with van der Waals surface area (Å²) < 4.78 is 1.49. The predicted octanol–water partition coefficient (Wildman–Crippen LogP) is 1.14. The highest BCUT2D eigenvalue weighted by Crippen LogP contribution is 2.05. The first-order chi connectivity index (χ1) is 14.8. The Kier molecular flexibility index (Phi) is 13.2. The van der Waals surface area contributed by atoms with Gasteiger partial charge in [0.15, 0.2) is 0 Å². The Balaban J connectivity index is 2.23. The number of carbonyl (C=O) groups is 4. The summed E-state index contributed by atoms with van der Waals surface area (Å²) in [6.45, 7) is 5.11. The second-order valence-corrected chi connectivity index (χ2v) is 8.34. The summed E-state index contributed by atoms with van der Waals surface area (Å²) >= 11 is 1.65. The number of hydrogen-bond acceptors (Lipinski definition) is 7. The number of carbonyl (C=O) groups excluding carboxylic acids is 3. The third-order valence-corrected chi connectivity index (χ3v) is 5.40. The normalized spacial score (nSPS) is 10.6. The van der Waals surface area contributed by atoms with Gasteiger partial charge in [0.2, 0.25) is 11.8 Å². The second kappa shape index (κ2) is 15.4. The van der Waals surface area contributed by atoms with Crippen LogP contribution in [0.25, 0.3) is 0 Å². The summed E-state index contributed by atoms with van der Waals surface area (Å²) in [5.74, 6) is 0.762. The molecule has 1 heterocycles. The summed E-state index contributed by atoms with van der Waals surface area (Å²) in [6.07, 6.45) is 4.17. The lowest BCUT2D eigenvalue weighted by Crippen LogP contribution is -2.39.